The number of hydrogen-bond donors (Lipinski definition) is 0. The zero-order chi connectivity index (χ0) is 19.6. The first kappa shape index (κ1) is 18.9. The lowest BCUT2D eigenvalue weighted by Crippen LogP contribution is -2.49. The van der Waals surface area contributed by atoms with Gasteiger partial charge in [0.05, 0.1) is 6.54 Å². The average molecular weight is 410 g/mol. The maximum absolute atomic E-state index is 6.07. The molecule has 6 nitrogen and oxygen atoms in total. The topological polar surface area (TPSA) is 50.3 Å². The smallest absolute Gasteiger partial charge is 0.198 e. The van der Waals surface area contributed by atoms with Crippen molar-refractivity contribution in [1.82, 2.24) is 24.6 Å². The summed E-state index contributed by atoms with van der Waals surface area (Å²) in [5.74, 6) is 1.03. The Kier molecular flexibility index (Phi) is 5.44. The normalized spacial score (nSPS) is 20.7. The first-order valence-electron chi connectivity index (χ1n) is 10.4. The van der Waals surface area contributed by atoms with Crippen LogP contribution >= 0.6 is 11.8 Å². The molecule has 2 aliphatic rings. The summed E-state index contributed by atoms with van der Waals surface area (Å²) in [5.41, 5.74) is 3.03. The highest BCUT2D eigenvalue weighted by Crippen LogP contribution is 2.29. The second-order valence-corrected chi connectivity index (χ2v) is 9.04. The van der Waals surface area contributed by atoms with E-state index >= 15 is 0 Å². The van der Waals surface area contributed by atoms with Crippen LogP contribution in [0.25, 0.3) is 0 Å². The predicted molar refractivity (Wildman–Crippen MR) is 113 cm³/mol. The van der Waals surface area contributed by atoms with E-state index in [-0.39, 0.29) is 0 Å². The lowest BCUT2D eigenvalue weighted by Gasteiger charge is -2.41. The van der Waals surface area contributed by atoms with Crippen molar-refractivity contribution >= 4 is 11.8 Å². The molecule has 29 heavy (non-hydrogen) atoms. The molecule has 0 bridgehead atoms. The summed E-state index contributed by atoms with van der Waals surface area (Å²) in [5, 5.41) is 9.75. The Hall–Kier alpha value is -2.09. The van der Waals surface area contributed by atoms with Gasteiger partial charge in [0, 0.05) is 32.7 Å². The second-order valence-electron chi connectivity index (χ2n) is 8.07. The third-order valence-corrected chi connectivity index (χ3v) is 7.01. The van der Waals surface area contributed by atoms with Gasteiger partial charge in [0.15, 0.2) is 10.2 Å². The van der Waals surface area contributed by atoms with Crippen molar-refractivity contribution in [2.45, 2.75) is 48.6 Å². The average Bonchev–Trinajstić information content (AvgIpc) is 3.37. The molecule has 2 aromatic heterocycles. The largest absolute Gasteiger partial charge is 0.453 e. The van der Waals surface area contributed by atoms with Crippen LogP contribution in [-0.2, 0) is 26.6 Å². The minimum Gasteiger partial charge on any atom is -0.453 e. The molecule has 3 aromatic rings. The standard InChI is InChI=1S/C22H27N5OS/c1-25-16-23-24-22(25)29-21-9-8-20(28-21)15-26-11-4-7-19(14-26)27-12-10-17-5-2-3-6-18(17)13-27/h2-3,5-6,8-9,16,19H,4,7,10-15H2,1H3. The van der Waals surface area contributed by atoms with Gasteiger partial charge in [-0.25, -0.2) is 0 Å². The van der Waals surface area contributed by atoms with Gasteiger partial charge in [-0.3, -0.25) is 9.80 Å². The van der Waals surface area contributed by atoms with Crippen molar-refractivity contribution in [1.29, 1.82) is 0 Å². The number of furan rings is 1. The monoisotopic (exact) mass is 409 g/mol. The Morgan fingerprint density at radius 1 is 1.14 bits per heavy atom. The number of aryl methyl sites for hydroxylation is 1. The summed E-state index contributed by atoms with van der Waals surface area (Å²) in [4.78, 5) is 5.23. The molecule has 0 spiro atoms. The van der Waals surface area contributed by atoms with E-state index in [1.807, 2.05) is 17.7 Å². The fourth-order valence-corrected chi connectivity index (χ4v) is 5.22. The van der Waals surface area contributed by atoms with E-state index in [4.69, 9.17) is 4.42 Å². The molecule has 1 atom stereocenters. The Bertz CT molecular complexity index is 968. The van der Waals surface area contributed by atoms with Crippen molar-refractivity contribution in [3.8, 4) is 0 Å². The van der Waals surface area contributed by atoms with Crippen molar-refractivity contribution in [3.63, 3.8) is 0 Å². The summed E-state index contributed by atoms with van der Waals surface area (Å²) in [6.07, 6.45) is 5.43. The van der Waals surface area contributed by atoms with Crippen LogP contribution in [0.5, 0.6) is 0 Å². The number of fused-ring (bicyclic) bond motifs is 1. The molecule has 0 N–H and O–H groups in total. The van der Waals surface area contributed by atoms with E-state index in [0.29, 0.717) is 6.04 Å². The lowest BCUT2D eigenvalue weighted by atomic mass is 9.96. The second kappa shape index (κ2) is 8.34. The molecule has 7 heteroatoms. The van der Waals surface area contributed by atoms with Gasteiger partial charge >= 0.3 is 0 Å². The van der Waals surface area contributed by atoms with Gasteiger partial charge in [-0.05, 0) is 60.8 Å². The van der Waals surface area contributed by atoms with E-state index in [1.165, 1.54) is 48.7 Å². The van der Waals surface area contributed by atoms with Gasteiger partial charge in [-0.1, -0.05) is 24.3 Å². The number of hydrogen-bond acceptors (Lipinski definition) is 6. The number of aromatic nitrogens is 3. The highest BCUT2D eigenvalue weighted by molar-refractivity contribution is 7.99. The first-order chi connectivity index (χ1) is 14.2. The van der Waals surface area contributed by atoms with Gasteiger partial charge in [0.25, 0.3) is 0 Å². The van der Waals surface area contributed by atoms with Gasteiger partial charge < -0.3 is 8.98 Å². The van der Waals surface area contributed by atoms with Gasteiger partial charge in [-0.2, -0.15) is 0 Å². The zero-order valence-corrected chi connectivity index (χ0v) is 17.6. The molecule has 2 aliphatic heterocycles. The number of nitrogens with zero attached hydrogens (tertiary/aromatic N) is 5. The third kappa shape index (κ3) is 4.27. The maximum atomic E-state index is 6.07. The molecule has 0 aliphatic carbocycles. The molecule has 1 fully saturated rings. The molecule has 0 radical (unpaired) electrons. The molecule has 0 amide bonds. The Morgan fingerprint density at radius 3 is 2.90 bits per heavy atom. The number of piperidine rings is 1. The van der Waals surface area contributed by atoms with E-state index in [2.05, 4.69) is 50.3 Å². The SMILES string of the molecule is Cn1cnnc1Sc1ccc(CN2CCCC(N3CCc4ccccc4C3)C2)o1. The number of rotatable bonds is 5. The predicted octanol–water partition coefficient (Wildman–Crippen LogP) is 3.58. The van der Waals surface area contributed by atoms with E-state index in [0.717, 1.165) is 42.2 Å². The van der Waals surface area contributed by atoms with Crippen molar-refractivity contribution in [2.75, 3.05) is 19.6 Å². The van der Waals surface area contributed by atoms with Crippen LogP contribution in [-0.4, -0.2) is 50.2 Å². The molecule has 1 aromatic carbocycles. The minimum absolute atomic E-state index is 0.638. The van der Waals surface area contributed by atoms with E-state index in [1.54, 1.807) is 6.33 Å². The van der Waals surface area contributed by atoms with Crippen LogP contribution in [0.3, 0.4) is 0 Å². The maximum Gasteiger partial charge on any atom is 0.198 e. The highest BCUT2D eigenvalue weighted by atomic mass is 32.2. The quantitative estimate of drug-likeness (QED) is 0.642. The molecular formula is C22H27N5OS. The fraction of sp³-hybridized carbons (Fsp3) is 0.455. The van der Waals surface area contributed by atoms with E-state index < -0.39 is 0 Å². The molecule has 0 saturated carbocycles. The van der Waals surface area contributed by atoms with Crippen LogP contribution in [0, 0.1) is 0 Å². The van der Waals surface area contributed by atoms with Crippen LogP contribution < -0.4 is 0 Å². The molecule has 1 unspecified atom stereocenters. The summed E-state index contributed by atoms with van der Waals surface area (Å²) in [7, 11) is 1.94. The third-order valence-electron chi connectivity index (χ3n) is 6.04. The van der Waals surface area contributed by atoms with Crippen LogP contribution in [0.4, 0.5) is 0 Å². The fourth-order valence-electron chi connectivity index (χ4n) is 4.48. The van der Waals surface area contributed by atoms with Crippen LogP contribution in [0.15, 0.2) is 57.4 Å². The Morgan fingerprint density at radius 2 is 2.03 bits per heavy atom. The summed E-state index contributed by atoms with van der Waals surface area (Å²) < 4.78 is 7.97. The molecule has 5 rings (SSSR count). The molecule has 1 saturated heterocycles. The Labute approximate surface area is 175 Å². The van der Waals surface area contributed by atoms with Gasteiger partial charge in [0.2, 0.25) is 0 Å². The van der Waals surface area contributed by atoms with Crippen LogP contribution in [0.1, 0.15) is 29.7 Å². The Balaban J connectivity index is 1.19. The van der Waals surface area contributed by atoms with Gasteiger partial charge in [-0.15, -0.1) is 10.2 Å². The van der Waals surface area contributed by atoms with Gasteiger partial charge in [0.1, 0.15) is 12.1 Å². The zero-order valence-electron chi connectivity index (χ0n) is 16.8. The summed E-state index contributed by atoms with van der Waals surface area (Å²) >= 11 is 1.52. The molecular weight excluding hydrogens is 382 g/mol. The van der Waals surface area contributed by atoms with Crippen molar-refractivity contribution in [2.24, 2.45) is 7.05 Å². The van der Waals surface area contributed by atoms with Crippen molar-refractivity contribution < 1.29 is 4.42 Å². The summed E-state index contributed by atoms with van der Waals surface area (Å²) in [6, 6.07) is 13.7. The highest BCUT2D eigenvalue weighted by Gasteiger charge is 2.28. The van der Waals surface area contributed by atoms with E-state index in [9.17, 15) is 0 Å². The van der Waals surface area contributed by atoms with Crippen molar-refractivity contribution in [3.05, 3.63) is 59.6 Å². The summed E-state index contributed by atoms with van der Waals surface area (Å²) in [6.45, 7) is 5.41. The molecule has 4 heterocycles. The minimum atomic E-state index is 0.638. The van der Waals surface area contributed by atoms with Crippen LogP contribution in [0.2, 0.25) is 0 Å². The first-order valence-corrected chi connectivity index (χ1v) is 11.2. The number of benzene rings is 1. The molecule has 152 valence electrons. The lowest BCUT2D eigenvalue weighted by molar-refractivity contribution is 0.0795. The number of likely N-dealkylation sites (tertiary alicyclic amines) is 1.